The van der Waals surface area contributed by atoms with E-state index in [1.54, 1.807) is 0 Å². The van der Waals surface area contributed by atoms with E-state index in [4.69, 9.17) is 9.97 Å². The van der Waals surface area contributed by atoms with Gasteiger partial charge in [0.2, 0.25) is 0 Å². The average Bonchev–Trinajstić information content (AvgIpc) is 2.79. The van der Waals surface area contributed by atoms with Gasteiger partial charge in [-0.25, -0.2) is 0 Å². The molecule has 0 spiro atoms. The SMILES string of the molecule is [CH3][Pb][c]1nc(-c2ccnc3ccccc23)nc2c1CCC1C(C)C(O)=C(C#N)CC21. The van der Waals surface area contributed by atoms with Gasteiger partial charge in [-0.15, -0.1) is 0 Å². The Morgan fingerprint density at radius 1 is 1.20 bits per heavy atom. The summed E-state index contributed by atoms with van der Waals surface area (Å²) in [6.07, 6.45) is 4.41. The molecule has 0 bridgehead atoms. The van der Waals surface area contributed by atoms with Gasteiger partial charge in [-0.1, -0.05) is 0 Å². The molecule has 0 saturated carbocycles. The van der Waals surface area contributed by atoms with Crippen molar-refractivity contribution in [2.75, 3.05) is 0 Å². The molecule has 1 aromatic carbocycles. The van der Waals surface area contributed by atoms with Crippen molar-refractivity contribution in [3.63, 3.8) is 0 Å². The van der Waals surface area contributed by atoms with Gasteiger partial charge in [-0.05, 0) is 0 Å². The standard InChI is InChI=1S/C23H19N4O.CH3.Pb/c1-13-16-7-6-14-12-26-23(18-8-9-25-20-5-3-2-4-17(18)20)27-21(14)19(16)10-15(11-24)22(13)28;;/h2-5,8-9,13,16,19,28H,6-7,10H2,1H3;1H3;. The number of hydrogen-bond acceptors (Lipinski definition) is 5. The molecule has 1 N–H and O–H groups in total. The van der Waals surface area contributed by atoms with E-state index >= 15 is 0 Å². The molecule has 0 fully saturated rings. The first-order valence-electron chi connectivity index (χ1n) is 10.4. The van der Waals surface area contributed by atoms with Crippen molar-refractivity contribution in [2.45, 2.75) is 36.6 Å². The van der Waals surface area contributed by atoms with E-state index in [2.05, 4.69) is 21.6 Å². The average molecular weight is 590 g/mol. The molecule has 3 atom stereocenters. The normalized spacial score (nSPS) is 23.0. The number of allylic oxidation sites excluding steroid dienone is 2. The topological polar surface area (TPSA) is 82.7 Å². The second-order valence-corrected chi connectivity index (χ2v) is 11.9. The Balaban J connectivity index is 1.71. The van der Waals surface area contributed by atoms with Crippen LogP contribution in [0, 0.1) is 23.2 Å². The zero-order valence-electron chi connectivity index (χ0n) is 17.1. The maximum atomic E-state index is 10.5. The van der Waals surface area contributed by atoms with Crippen LogP contribution < -0.4 is 3.25 Å². The van der Waals surface area contributed by atoms with E-state index in [1.165, 1.54) is 8.82 Å². The van der Waals surface area contributed by atoms with Crippen LogP contribution in [-0.4, -0.2) is 44.3 Å². The summed E-state index contributed by atoms with van der Waals surface area (Å²) < 4.78 is 3.62. The summed E-state index contributed by atoms with van der Waals surface area (Å²) >= 11 is -1.03. The predicted octanol–water partition coefficient (Wildman–Crippen LogP) is 4.09. The van der Waals surface area contributed by atoms with Crippen molar-refractivity contribution >= 4 is 38.4 Å². The molecule has 2 aliphatic carbocycles. The molecule has 5 nitrogen and oxygen atoms in total. The van der Waals surface area contributed by atoms with Crippen LogP contribution in [0.2, 0.25) is 4.48 Å². The van der Waals surface area contributed by atoms with Gasteiger partial charge >= 0.3 is 189 Å². The second-order valence-electron chi connectivity index (χ2n) is 8.16. The van der Waals surface area contributed by atoms with Gasteiger partial charge in [0.1, 0.15) is 0 Å². The summed E-state index contributed by atoms with van der Waals surface area (Å²) in [5, 5.41) is 21.1. The first kappa shape index (κ1) is 19.6. The third-order valence-electron chi connectivity index (χ3n) is 6.70. The third kappa shape index (κ3) is 3.04. The number of aromatic nitrogens is 3. The molecule has 3 aromatic rings. The number of aliphatic hydroxyl groups is 1. The number of aliphatic hydroxyl groups excluding tert-OH is 1. The van der Waals surface area contributed by atoms with Crippen LogP contribution in [0.25, 0.3) is 22.3 Å². The van der Waals surface area contributed by atoms with E-state index < -0.39 is 24.2 Å². The minimum absolute atomic E-state index is 0.000981. The molecular weight excluding hydrogens is 567 g/mol. The Morgan fingerprint density at radius 3 is 2.83 bits per heavy atom. The van der Waals surface area contributed by atoms with Crippen LogP contribution >= 0.6 is 0 Å². The molecule has 2 radical (unpaired) electrons. The van der Waals surface area contributed by atoms with Crippen molar-refractivity contribution in [1.29, 1.82) is 5.26 Å². The minimum atomic E-state index is -1.03. The Hall–Kier alpha value is -2.34. The summed E-state index contributed by atoms with van der Waals surface area (Å²) in [5.74, 6) is 1.56. The molecule has 2 aromatic heterocycles. The van der Waals surface area contributed by atoms with E-state index in [1.807, 2.05) is 37.4 Å². The Morgan fingerprint density at radius 2 is 2.03 bits per heavy atom. The fourth-order valence-corrected chi connectivity index (χ4v) is 8.14. The Bertz CT molecular complexity index is 1220. The summed E-state index contributed by atoms with van der Waals surface area (Å²) in [6, 6.07) is 12.4. The van der Waals surface area contributed by atoms with E-state index in [0.29, 0.717) is 17.9 Å². The second kappa shape index (κ2) is 7.73. The molecule has 5 rings (SSSR count). The Kier molecular flexibility index (Phi) is 5.05. The third-order valence-corrected chi connectivity index (χ3v) is 10.2. The molecular formula is C24H22N4OPb. The summed E-state index contributed by atoms with van der Waals surface area (Å²) in [6.45, 7) is 2.05. The summed E-state index contributed by atoms with van der Waals surface area (Å²) in [5.41, 5.74) is 4.93. The van der Waals surface area contributed by atoms with Gasteiger partial charge in [-0.3, -0.25) is 0 Å². The van der Waals surface area contributed by atoms with Gasteiger partial charge in [-0.2, -0.15) is 0 Å². The number of nitrogens with zero attached hydrogens (tertiary/aromatic N) is 4. The molecule has 2 heterocycles. The molecule has 0 saturated heterocycles. The number of benzene rings is 1. The first-order valence-corrected chi connectivity index (χ1v) is 16.2. The van der Waals surface area contributed by atoms with E-state index in [0.717, 1.165) is 40.8 Å². The molecule has 30 heavy (non-hydrogen) atoms. The predicted molar refractivity (Wildman–Crippen MR) is 118 cm³/mol. The fraction of sp³-hybridized carbons (Fsp3) is 0.333. The van der Waals surface area contributed by atoms with Crippen LogP contribution in [0.3, 0.4) is 0 Å². The number of para-hydroxylation sites is 1. The van der Waals surface area contributed by atoms with Gasteiger partial charge in [0.05, 0.1) is 0 Å². The Labute approximate surface area is 188 Å². The molecule has 6 heteroatoms. The zero-order valence-corrected chi connectivity index (χ0v) is 20.9. The number of fused-ring (bicyclic) bond motifs is 4. The molecule has 0 amide bonds. The molecule has 0 aliphatic heterocycles. The summed E-state index contributed by atoms with van der Waals surface area (Å²) in [4.78, 5) is 14.7. The van der Waals surface area contributed by atoms with Gasteiger partial charge in [0.25, 0.3) is 0 Å². The van der Waals surface area contributed by atoms with Crippen LogP contribution in [0.1, 0.15) is 36.9 Å². The zero-order chi connectivity index (χ0) is 20.8. The van der Waals surface area contributed by atoms with Gasteiger partial charge in [0, 0.05) is 0 Å². The van der Waals surface area contributed by atoms with E-state index in [9.17, 15) is 10.4 Å². The number of nitriles is 1. The van der Waals surface area contributed by atoms with Crippen molar-refractivity contribution in [1.82, 2.24) is 15.0 Å². The number of hydrogen-bond donors (Lipinski definition) is 1. The van der Waals surface area contributed by atoms with E-state index in [-0.39, 0.29) is 17.6 Å². The first-order chi connectivity index (χ1) is 14.6. The van der Waals surface area contributed by atoms with Crippen molar-refractivity contribution in [3.05, 3.63) is 59.1 Å². The quantitative estimate of drug-likeness (QED) is 0.456. The number of pyridine rings is 1. The molecule has 148 valence electrons. The fourth-order valence-electron chi connectivity index (χ4n) is 5.14. The van der Waals surface area contributed by atoms with Gasteiger partial charge < -0.3 is 0 Å². The van der Waals surface area contributed by atoms with Crippen LogP contribution in [0.4, 0.5) is 0 Å². The van der Waals surface area contributed by atoms with Crippen LogP contribution in [0.5, 0.6) is 0 Å². The summed E-state index contributed by atoms with van der Waals surface area (Å²) in [7, 11) is 0. The van der Waals surface area contributed by atoms with Crippen molar-refractivity contribution < 1.29 is 5.11 Å². The van der Waals surface area contributed by atoms with Crippen molar-refractivity contribution in [2.24, 2.45) is 11.8 Å². The van der Waals surface area contributed by atoms with Crippen molar-refractivity contribution in [3.8, 4) is 17.5 Å². The molecule has 2 aliphatic rings. The monoisotopic (exact) mass is 590 g/mol. The maximum absolute atomic E-state index is 10.5. The number of rotatable bonds is 2. The van der Waals surface area contributed by atoms with Gasteiger partial charge in [0.15, 0.2) is 0 Å². The molecule has 3 unspecified atom stereocenters. The van der Waals surface area contributed by atoms with Crippen LogP contribution in [0.15, 0.2) is 47.9 Å². The van der Waals surface area contributed by atoms with Crippen LogP contribution in [-0.2, 0) is 6.42 Å².